The van der Waals surface area contributed by atoms with Crippen LogP contribution in [0.15, 0.2) is 0 Å². The van der Waals surface area contributed by atoms with Crippen LogP contribution in [-0.2, 0) is 4.74 Å². The lowest BCUT2D eigenvalue weighted by atomic mass is 9.89. The zero-order chi connectivity index (χ0) is 14.4. The van der Waals surface area contributed by atoms with Gasteiger partial charge in [-0.05, 0) is 40.5 Å². The van der Waals surface area contributed by atoms with E-state index in [2.05, 4.69) is 13.8 Å². The highest BCUT2D eigenvalue weighted by molar-refractivity contribution is 6.30. The molecule has 4 N–H and O–H groups in total. The van der Waals surface area contributed by atoms with Gasteiger partial charge in [0.05, 0.1) is 17.3 Å². The van der Waals surface area contributed by atoms with E-state index in [4.69, 9.17) is 19.8 Å². The van der Waals surface area contributed by atoms with Crippen LogP contribution in [0.1, 0.15) is 48.5 Å². The summed E-state index contributed by atoms with van der Waals surface area (Å²) in [6.45, 7) is 13.7. The Bertz CT molecular complexity index is 196. The van der Waals surface area contributed by atoms with Crippen molar-refractivity contribution in [1.82, 2.24) is 0 Å². The van der Waals surface area contributed by atoms with Crippen LogP contribution in [0.3, 0.4) is 0 Å². The third-order valence-electron chi connectivity index (χ3n) is 2.89. The Morgan fingerprint density at radius 3 is 1.41 bits per heavy atom. The fraction of sp³-hybridized carbons (Fsp3) is 1.00. The molecular formula is C11H27BO5. The molecule has 104 valence electrons. The topological polar surface area (TPSA) is 90.2 Å². The summed E-state index contributed by atoms with van der Waals surface area (Å²) in [6.07, 6.45) is 0.168. The number of hydrogen-bond donors (Lipinski definition) is 4. The van der Waals surface area contributed by atoms with Crippen LogP contribution < -0.4 is 0 Å². The molecule has 0 aromatic carbocycles. The molecule has 5 nitrogen and oxygen atoms in total. The first-order chi connectivity index (χ1) is 7.31. The third-order valence-corrected chi connectivity index (χ3v) is 2.89. The lowest BCUT2D eigenvalue weighted by Gasteiger charge is -2.40. The molecule has 6 heteroatoms. The largest absolute Gasteiger partial charge is 0.631 e. The van der Waals surface area contributed by atoms with Crippen LogP contribution in [0.25, 0.3) is 0 Å². The van der Waals surface area contributed by atoms with Crippen molar-refractivity contribution in [2.45, 2.75) is 65.8 Å². The summed E-state index contributed by atoms with van der Waals surface area (Å²) in [6, 6.07) is 0. The minimum atomic E-state index is -2.17. The van der Waals surface area contributed by atoms with E-state index in [-0.39, 0.29) is 6.10 Å². The van der Waals surface area contributed by atoms with E-state index < -0.39 is 18.5 Å². The molecule has 0 aliphatic rings. The molecular weight excluding hydrogens is 223 g/mol. The molecule has 0 saturated carbocycles. The third kappa shape index (κ3) is 9.56. The van der Waals surface area contributed by atoms with Gasteiger partial charge in [-0.15, -0.1) is 0 Å². The summed E-state index contributed by atoms with van der Waals surface area (Å²) in [5.74, 6) is 0.474. The smallest absolute Gasteiger partial charge is 0.402 e. The zero-order valence-corrected chi connectivity index (χ0v) is 11.9. The number of aliphatic hydroxyl groups is 1. The highest BCUT2D eigenvalue weighted by atomic mass is 16.5. The predicted octanol–water partition coefficient (Wildman–Crippen LogP) is 0.545. The number of rotatable bonds is 4. The van der Waals surface area contributed by atoms with Gasteiger partial charge in [0.2, 0.25) is 0 Å². The average Bonchev–Trinajstić information content (AvgIpc) is 1.99. The minimum absolute atomic E-state index is 0.168. The molecule has 0 aliphatic heterocycles. The second-order valence-electron chi connectivity index (χ2n) is 5.48. The van der Waals surface area contributed by atoms with Crippen molar-refractivity contribution >= 4 is 7.32 Å². The maximum atomic E-state index is 9.85. The molecule has 0 heterocycles. The van der Waals surface area contributed by atoms with E-state index in [0.717, 1.165) is 0 Å². The average molecular weight is 250 g/mol. The van der Waals surface area contributed by atoms with Gasteiger partial charge in [0, 0.05) is 0 Å². The van der Waals surface area contributed by atoms with Crippen LogP contribution in [-0.4, -0.2) is 44.8 Å². The molecule has 1 atom stereocenters. The van der Waals surface area contributed by atoms with Crippen LogP contribution >= 0.6 is 0 Å². The van der Waals surface area contributed by atoms with Gasteiger partial charge in [-0.3, -0.25) is 0 Å². The molecule has 1 unspecified atom stereocenters. The number of ether oxygens (including phenoxy) is 1. The Labute approximate surface area is 105 Å². The Hall–Kier alpha value is -0.135. The van der Waals surface area contributed by atoms with Gasteiger partial charge in [-0.1, -0.05) is 13.8 Å². The Kier molecular flexibility index (Phi) is 8.29. The van der Waals surface area contributed by atoms with Crippen LogP contribution in [0, 0.1) is 5.92 Å². The van der Waals surface area contributed by atoms with E-state index in [1.807, 2.05) is 20.8 Å². The van der Waals surface area contributed by atoms with Crippen LogP contribution in [0.4, 0.5) is 0 Å². The molecule has 0 aromatic heterocycles. The van der Waals surface area contributed by atoms with Gasteiger partial charge in [0.15, 0.2) is 0 Å². The maximum Gasteiger partial charge on any atom is 0.631 e. The summed E-state index contributed by atoms with van der Waals surface area (Å²) in [7, 11) is -2.17. The standard InChI is InChI=1S/C11H24O2.BH3O3/c1-8(2)9(3)13-11(6,7)10(4,5)12;2-1(3)4/h8-9,12H,1-7H3;2-4H. The summed E-state index contributed by atoms with van der Waals surface area (Å²) < 4.78 is 5.81. The highest BCUT2D eigenvalue weighted by Gasteiger charge is 2.37. The number of hydrogen-bond acceptors (Lipinski definition) is 5. The Morgan fingerprint density at radius 2 is 1.24 bits per heavy atom. The first kappa shape index (κ1) is 19.2. The fourth-order valence-corrected chi connectivity index (χ4v) is 0.745. The summed E-state index contributed by atoms with van der Waals surface area (Å²) in [5.41, 5.74) is -1.31. The molecule has 0 saturated heterocycles. The lowest BCUT2D eigenvalue weighted by molar-refractivity contribution is -0.178. The van der Waals surface area contributed by atoms with E-state index in [1.54, 1.807) is 13.8 Å². The molecule has 0 fully saturated rings. The maximum absolute atomic E-state index is 9.85. The normalized spacial score (nSPS) is 14.1. The quantitative estimate of drug-likeness (QED) is 0.547. The van der Waals surface area contributed by atoms with E-state index in [0.29, 0.717) is 5.92 Å². The Balaban J connectivity index is 0. The monoisotopic (exact) mass is 250 g/mol. The van der Waals surface area contributed by atoms with Gasteiger partial charge in [0.25, 0.3) is 0 Å². The van der Waals surface area contributed by atoms with Crippen molar-refractivity contribution in [3.63, 3.8) is 0 Å². The summed E-state index contributed by atoms with van der Waals surface area (Å²) in [4.78, 5) is 0. The van der Waals surface area contributed by atoms with Gasteiger partial charge >= 0.3 is 7.32 Å². The molecule has 0 bridgehead atoms. The summed E-state index contributed by atoms with van der Waals surface area (Å²) >= 11 is 0. The minimum Gasteiger partial charge on any atom is -0.402 e. The molecule has 0 amide bonds. The van der Waals surface area contributed by atoms with Crippen LogP contribution in [0.2, 0.25) is 0 Å². The van der Waals surface area contributed by atoms with E-state index in [9.17, 15) is 5.11 Å². The SMILES string of the molecule is CC(C)C(C)OC(C)(C)C(C)(C)O.OB(O)O. The van der Waals surface area contributed by atoms with Gasteiger partial charge in [-0.2, -0.15) is 0 Å². The summed E-state index contributed by atoms with van der Waals surface area (Å²) in [5, 5.41) is 31.4. The van der Waals surface area contributed by atoms with Crippen molar-refractivity contribution < 1.29 is 24.9 Å². The fourth-order valence-electron chi connectivity index (χ4n) is 0.745. The van der Waals surface area contributed by atoms with Crippen molar-refractivity contribution in [3.8, 4) is 0 Å². The van der Waals surface area contributed by atoms with Crippen molar-refractivity contribution in [1.29, 1.82) is 0 Å². The van der Waals surface area contributed by atoms with E-state index >= 15 is 0 Å². The van der Waals surface area contributed by atoms with Crippen molar-refractivity contribution in [3.05, 3.63) is 0 Å². The highest BCUT2D eigenvalue weighted by Crippen LogP contribution is 2.27. The van der Waals surface area contributed by atoms with Gasteiger partial charge < -0.3 is 24.9 Å². The molecule has 0 rings (SSSR count). The predicted molar refractivity (Wildman–Crippen MR) is 68.2 cm³/mol. The molecule has 0 aliphatic carbocycles. The van der Waals surface area contributed by atoms with E-state index in [1.165, 1.54) is 0 Å². The zero-order valence-electron chi connectivity index (χ0n) is 11.9. The van der Waals surface area contributed by atoms with Crippen molar-refractivity contribution in [2.75, 3.05) is 0 Å². The first-order valence-corrected chi connectivity index (χ1v) is 5.75. The van der Waals surface area contributed by atoms with Crippen molar-refractivity contribution in [2.24, 2.45) is 5.92 Å². The molecule has 0 radical (unpaired) electrons. The molecule has 0 aromatic rings. The Morgan fingerprint density at radius 1 is 0.941 bits per heavy atom. The molecule has 17 heavy (non-hydrogen) atoms. The van der Waals surface area contributed by atoms with Gasteiger partial charge in [0.1, 0.15) is 0 Å². The lowest BCUT2D eigenvalue weighted by Crippen LogP contribution is -2.49. The van der Waals surface area contributed by atoms with Gasteiger partial charge in [-0.25, -0.2) is 0 Å². The second kappa shape index (κ2) is 7.33. The van der Waals surface area contributed by atoms with Crippen LogP contribution in [0.5, 0.6) is 0 Å². The first-order valence-electron chi connectivity index (χ1n) is 5.75. The second-order valence-corrected chi connectivity index (χ2v) is 5.48. The molecule has 0 spiro atoms.